The van der Waals surface area contributed by atoms with Crippen molar-refractivity contribution in [2.75, 3.05) is 16.2 Å². The van der Waals surface area contributed by atoms with Gasteiger partial charge in [-0.2, -0.15) is 21.6 Å². The minimum atomic E-state index is -5.72. The largest absolute Gasteiger partial charge is 0.516 e. The third kappa shape index (κ3) is 6.74. The molecule has 3 rings (SSSR count). The maximum absolute atomic E-state index is 13.2. The van der Waals surface area contributed by atoms with Crippen LogP contribution in [0.2, 0.25) is 0 Å². The molecule has 0 radical (unpaired) electrons. The van der Waals surface area contributed by atoms with Crippen LogP contribution in [0.15, 0.2) is 22.4 Å². The minimum absolute atomic E-state index is 0.0267. The van der Waals surface area contributed by atoms with Gasteiger partial charge in [0.05, 0.1) is 12.3 Å². The predicted molar refractivity (Wildman–Crippen MR) is 134 cm³/mol. The number of ether oxygens (including phenoxy) is 1. The number of benzene rings is 1. The molecule has 0 aliphatic carbocycles. The lowest BCUT2D eigenvalue weighted by atomic mass is 9.92. The van der Waals surface area contributed by atoms with Crippen LogP contribution in [0.25, 0.3) is 0 Å². The molecule has 1 aliphatic rings. The Kier molecular flexibility index (Phi) is 8.78. The molecule has 0 fully saturated rings. The van der Waals surface area contributed by atoms with Crippen LogP contribution in [0.1, 0.15) is 62.8 Å². The minimum Gasteiger partial charge on any atom is -0.460 e. The zero-order chi connectivity index (χ0) is 27.5. The Morgan fingerprint density at radius 2 is 1.95 bits per heavy atom. The van der Waals surface area contributed by atoms with Gasteiger partial charge in [0.25, 0.3) is 5.13 Å². The Balaban J connectivity index is 2.01. The zero-order valence-corrected chi connectivity index (χ0v) is 22.7. The number of rotatable bonds is 9. The van der Waals surface area contributed by atoms with Gasteiger partial charge in [-0.15, -0.1) is 20.4 Å². The summed E-state index contributed by atoms with van der Waals surface area (Å²) in [5.41, 5.74) is -4.57. The Labute approximate surface area is 217 Å². The van der Waals surface area contributed by atoms with Crippen molar-refractivity contribution in [2.45, 2.75) is 71.5 Å². The molecule has 0 spiro atoms. The number of anilines is 2. The Bertz CT molecular complexity index is 1260. The summed E-state index contributed by atoms with van der Waals surface area (Å²) >= 11 is 0.787. The van der Waals surface area contributed by atoms with Gasteiger partial charge in [-0.1, -0.05) is 32.1 Å². The first kappa shape index (κ1) is 28.8. The van der Waals surface area contributed by atoms with Crippen LogP contribution in [0.3, 0.4) is 0 Å². The van der Waals surface area contributed by atoms with Gasteiger partial charge in [0.1, 0.15) is 5.69 Å². The second-order valence-electron chi connectivity index (χ2n) is 9.23. The maximum atomic E-state index is 13.2. The van der Waals surface area contributed by atoms with E-state index in [0.29, 0.717) is 12.1 Å². The Hall–Kier alpha value is -2.81. The number of halogens is 3. The molecule has 1 aromatic heterocycles. The summed E-state index contributed by atoms with van der Waals surface area (Å²) in [5.74, 6) is -0.558. The SMILES string of the molecule is CCC1CCc2cc(N=Nc3nnc(C(=O)OCC(C)C)s3)c(NS(=O)(=O)C(F)(F)F)cc2N1C(C)C. The topological polar surface area (TPSA) is 126 Å². The normalized spacial score (nSPS) is 16.5. The number of aromatic nitrogens is 2. The van der Waals surface area contributed by atoms with Crippen LogP contribution in [0.4, 0.5) is 35.4 Å². The van der Waals surface area contributed by atoms with Gasteiger partial charge in [0, 0.05) is 17.8 Å². The van der Waals surface area contributed by atoms with Crippen molar-refractivity contribution in [3.63, 3.8) is 0 Å². The van der Waals surface area contributed by atoms with E-state index in [2.05, 4.69) is 25.3 Å². The summed E-state index contributed by atoms with van der Waals surface area (Å²) in [6.07, 6.45) is 2.28. The van der Waals surface area contributed by atoms with Gasteiger partial charge in [-0.25, -0.2) is 4.79 Å². The van der Waals surface area contributed by atoms with Crippen molar-refractivity contribution in [1.82, 2.24) is 10.2 Å². The third-order valence-corrected chi connectivity index (χ3v) is 7.46. The van der Waals surface area contributed by atoms with Crippen molar-refractivity contribution in [2.24, 2.45) is 16.1 Å². The highest BCUT2D eigenvalue weighted by atomic mass is 32.2. The van der Waals surface area contributed by atoms with Gasteiger partial charge in [0.15, 0.2) is 0 Å². The lowest BCUT2D eigenvalue weighted by Crippen LogP contribution is -2.43. The number of sulfonamides is 1. The van der Waals surface area contributed by atoms with E-state index in [4.69, 9.17) is 4.74 Å². The average molecular weight is 563 g/mol. The number of nitrogens with zero attached hydrogens (tertiary/aromatic N) is 5. The van der Waals surface area contributed by atoms with Crippen molar-refractivity contribution < 1.29 is 31.1 Å². The molecule has 10 nitrogen and oxygen atoms in total. The smallest absolute Gasteiger partial charge is 0.460 e. The van der Waals surface area contributed by atoms with Crippen LogP contribution < -0.4 is 9.62 Å². The first-order chi connectivity index (χ1) is 17.2. The van der Waals surface area contributed by atoms with Crippen LogP contribution >= 0.6 is 11.3 Å². The summed E-state index contributed by atoms with van der Waals surface area (Å²) in [5, 5.41) is 15.2. The van der Waals surface area contributed by atoms with E-state index < -0.39 is 21.5 Å². The number of azo groups is 1. The molecule has 1 N–H and O–H groups in total. The van der Waals surface area contributed by atoms with Crippen LogP contribution in [0, 0.1) is 5.92 Å². The number of hydrogen-bond donors (Lipinski definition) is 1. The molecule has 0 saturated carbocycles. The molecule has 2 aromatic rings. The van der Waals surface area contributed by atoms with E-state index in [1.807, 2.05) is 34.6 Å². The fourth-order valence-corrected chi connectivity index (χ4v) is 5.05. The summed E-state index contributed by atoms with van der Waals surface area (Å²) in [4.78, 5) is 14.1. The predicted octanol–water partition coefficient (Wildman–Crippen LogP) is 5.97. The second-order valence-corrected chi connectivity index (χ2v) is 11.9. The van der Waals surface area contributed by atoms with Gasteiger partial charge < -0.3 is 9.64 Å². The zero-order valence-electron chi connectivity index (χ0n) is 21.0. The number of aryl methyl sites for hydroxylation is 1. The van der Waals surface area contributed by atoms with Crippen LogP contribution in [-0.2, 0) is 21.2 Å². The van der Waals surface area contributed by atoms with E-state index in [9.17, 15) is 26.4 Å². The molecule has 37 heavy (non-hydrogen) atoms. The third-order valence-electron chi connectivity index (χ3n) is 5.57. The molecule has 0 amide bonds. The lowest BCUT2D eigenvalue weighted by molar-refractivity contribution is -0.0429. The monoisotopic (exact) mass is 562 g/mol. The van der Waals surface area contributed by atoms with E-state index in [-0.39, 0.29) is 46.1 Å². The molecule has 0 saturated heterocycles. The van der Waals surface area contributed by atoms with Crippen molar-refractivity contribution in [3.05, 3.63) is 22.7 Å². The highest BCUT2D eigenvalue weighted by molar-refractivity contribution is 7.93. The first-order valence-electron chi connectivity index (χ1n) is 11.7. The van der Waals surface area contributed by atoms with Gasteiger partial charge >= 0.3 is 21.5 Å². The van der Waals surface area contributed by atoms with E-state index >= 15 is 0 Å². The van der Waals surface area contributed by atoms with Gasteiger partial charge in [0.2, 0.25) is 5.01 Å². The van der Waals surface area contributed by atoms with Gasteiger partial charge in [-0.3, -0.25) is 4.72 Å². The van der Waals surface area contributed by atoms with E-state index in [0.717, 1.165) is 29.7 Å². The molecule has 1 aromatic carbocycles. The highest BCUT2D eigenvalue weighted by Crippen LogP contribution is 2.42. The molecule has 1 aliphatic heterocycles. The molecular formula is C22H29F3N6O4S2. The number of fused-ring (bicyclic) bond motifs is 1. The van der Waals surface area contributed by atoms with Crippen LogP contribution in [-0.4, -0.2) is 48.8 Å². The Morgan fingerprint density at radius 1 is 1.24 bits per heavy atom. The van der Waals surface area contributed by atoms with Crippen molar-refractivity contribution >= 4 is 49.5 Å². The molecular weight excluding hydrogens is 533 g/mol. The molecule has 1 unspecified atom stereocenters. The molecule has 204 valence electrons. The quantitative estimate of drug-likeness (QED) is 0.295. The number of carbonyl (C=O) groups is 1. The molecule has 1 atom stereocenters. The fraction of sp³-hybridized carbons (Fsp3) is 0.591. The second kappa shape index (κ2) is 11.3. The molecule has 0 bridgehead atoms. The fourth-order valence-electron chi connectivity index (χ4n) is 3.93. The van der Waals surface area contributed by atoms with E-state index in [1.165, 1.54) is 12.1 Å². The van der Waals surface area contributed by atoms with Crippen LogP contribution in [0.5, 0.6) is 0 Å². The average Bonchev–Trinajstić information content (AvgIpc) is 3.28. The van der Waals surface area contributed by atoms with Crippen molar-refractivity contribution in [1.29, 1.82) is 0 Å². The van der Waals surface area contributed by atoms with Gasteiger partial charge in [-0.05, 0) is 56.7 Å². The summed E-state index contributed by atoms with van der Waals surface area (Å²) in [7, 11) is -5.72. The summed E-state index contributed by atoms with van der Waals surface area (Å²) < 4.78 is 70.1. The standard InChI is InChI=1S/C22H29F3N6O4S2/c1-6-15-8-7-14-9-16(26-28-21-29-27-19(36-21)20(32)35-11-12(2)3)17(10-18(14)31(15)13(4)5)30-37(33,34)22(23,24)25/h9-10,12-13,15,30H,6-8,11H2,1-5H3. The Morgan fingerprint density at radius 3 is 2.54 bits per heavy atom. The summed E-state index contributed by atoms with van der Waals surface area (Å²) in [6.45, 7) is 9.89. The summed E-state index contributed by atoms with van der Waals surface area (Å²) in [6, 6.07) is 3.07. The number of hydrogen-bond acceptors (Lipinski definition) is 10. The maximum Gasteiger partial charge on any atom is 0.516 e. The van der Waals surface area contributed by atoms with Crippen molar-refractivity contribution in [3.8, 4) is 0 Å². The number of esters is 1. The van der Waals surface area contributed by atoms with E-state index in [1.54, 1.807) is 4.72 Å². The first-order valence-corrected chi connectivity index (χ1v) is 14.0. The number of alkyl halides is 3. The number of carbonyl (C=O) groups excluding carboxylic acids is 1. The molecule has 2 heterocycles. The lowest BCUT2D eigenvalue weighted by Gasteiger charge is -2.42. The molecule has 15 heteroatoms. The highest BCUT2D eigenvalue weighted by Gasteiger charge is 2.46. The number of nitrogens with one attached hydrogen (secondary N) is 1.